The first-order valence-electron chi connectivity index (χ1n) is 3.49. The van der Waals surface area contributed by atoms with Gasteiger partial charge in [0.1, 0.15) is 11.6 Å². The molecule has 0 saturated carbocycles. The van der Waals surface area contributed by atoms with E-state index in [9.17, 15) is 4.79 Å². The van der Waals surface area contributed by atoms with Crippen molar-refractivity contribution in [2.45, 2.75) is 6.92 Å². The molecule has 4 heteroatoms. The van der Waals surface area contributed by atoms with Crippen molar-refractivity contribution in [3.05, 3.63) is 17.8 Å². The standard InChI is InChI=1S/C8H10N2O2/c1-6-7(12-2)3-4-9-8(6)10-5-11/h3-5H,1-2H3,(H,9,10,11). The first-order valence-corrected chi connectivity index (χ1v) is 3.49. The van der Waals surface area contributed by atoms with Gasteiger partial charge < -0.3 is 10.1 Å². The lowest BCUT2D eigenvalue weighted by Crippen LogP contribution is -2.00. The van der Waals surface area contributed by atoms with Gasteiger partial charge in [0.25, 0.3) is 0 Å². The normalized spacial score (nSPS) is 9.17. The van der Waals surface area contributed by atoms with Crippen LogP contribution in [-0.2, 0) is 4.79 Å². The molecule has 1 aromatic rings. The Hall–Kier alpha value is -1.58. The maximum Gasteiger partial charge on any atom is 0.212 e. The Labute approximate surface area is 70.6 Å². The molecule has 1 aromatic heterocycles. The van der Waals surface area contributed by atoms with E-state index in [1.54, 1.807) is 19.4 Å². The lowest BCUT2D eigenvalue weighted by molar-refractivity contribution is -0.105. The van der Waals surface area contributed by atoms with E-state index < -0.39 is 0 Å². The number of methoxy groups -OCH3 is 1. The Morgan fingerprint density at radius 2 is 2.42 bits per heavy atom. The van der Waals surface area contributed by atoms with Crippen molar-refractivity contribution in [2.75, 3.05) is 12.4 Å². The van der Waals surface area contributed by atoms with E-state index in [1.807, 2.05) is 6.92 Å². The summed E-state index contributed by atoms with van der Waals surface area (Å²) >= 11 is 0. The maximum absolute atomic E-state index is 10.1. The molecule has 1 rings (SSSR count). The number of carbonyl (C=O) groups excluding carboxylic acids is 1. The van der Waals surface area contributed by atoms with E-state index in [1.165, 1.54) is 0 Å². The van der Waals surface area contributed by atoms with Gasteiger partial charge in [-0.3, -0.25) is 4.79 Å². The minimum absolute atomic E-state index is 0.532. The zero-order valence-corrected chi connectivity index (χ0v) is 7.00. The number of pyridine rings is 1. The molecule has 0 fully saturated rings. The second-order valence-electron chi connectivity index (χ2n) is 2.25. The number of carbonyl (C=O) groups is 1. The number of nitrogens with zero attached hydrogens (tertiary/aromatic N) is 1. The zero-order chi connectivity index (χ0) is 8.97. The highest BCUT2D eigenvalue weighted by atomic mass is 16.5. The van der Waals surface area contributed by atoms with Gasteiger partial charge in [0.05, 0.1) is 7.11 Å². The lowest BCUT2D eigenvalue weighted by Gasteiger charge is -2.06. The molecule has 0 aliphatic rings. The monoisotopic (exact) mass is 166 g/mol. The van der Waals surface area contributed by atoms with Gasteiger partial charge in [-0.1, -0.05) is 0 Å². The Kier molecular flexibility index (Phi) is 2.63. The summed E-state index contributed by atoms with van der Waals surface area (Å²) in [5.74, 6) is 1.25. The smallest absolute Gasteiger partial charge is 0.212 e. The third-order valence-electron chi connectivity index (χ3n) is 1.57. The van der Waals surface area contributed by atoms with E-state index in [2.05, 4.69) is 10.3 Å². The molecule has 1 N–H and O–H groups in total. The summed E-state index contributed by atoms with van der Waals surface area (Å²) in [7, 11) is 1.58. The summed E-state index contributed by atoms with van der Waals surface area (Å²) in [4.78, 5) is 14.1. The van der Waals surface area contributed by atoms with Gasteiger partial charge in [0.2, 0.25) is 6.41 Å². The predicted octanol–water partition coefficient (Wildman–Crippen LogP) is 0.967. The SMILES string of the molecule is COc1ccnc(NC=O)c1C. The molecule has 0 spiro atoms. The largest absolute Gasteiger partial charge is 0.496 e. The summed E-state index contributed by atoms with van der Waals surface area (Å²) in [6.45, 7) is 1.83. The second-order valence-corrected chi connectivity index (χ2v) is 2.25. The molecule has 0 atom stereocenters. The predicted molar refractivity (Wildman–Crippen MR) is 45.2 cm³/mol. The number of aromatic nitrogens is 1. The summed E-state index contributed by atoms with van der Waals surface area (Å²) in [6.07, 6.45) is 2.17. The maximum atomic E-state index is 10.1. The van der Waals surface area contributed by atoms with Crippen LogP contribution in [0.25, 0.3) is 0 Å². The number of rotatable bonds is 3. The van der Waals surface area contributed by atoms with Crippen LogP contribution < -0.4 is 10.1 Å². The molecule has 64 valence electrons. The van der Waals surface area contributed by atoms with Crippen LogP contribution in [0.2, 0.25) is 0 Å². The molecule has 0 aromatic carbocycles. The van der Waals surface area contributed by atoms with Crippen LogP contribution in [0.1, 0.15) is 5.56 Å². The number of hydrogen-bond donors (Lipinski definition) is 1. The molecule has 0 aliphatic carbocycles. The molecule has 4 nitrogen and oxygen atoms in total. The quantitative estimate of drug-likeness (QED) is 0.680. The topological polar surface area (TPSA) is 51.2 Å². The van der Waals surface area contributed by atoms with Crippen molar-refractivity contribution in [3.8, 4) is 5.75 Å². The minimum atomic E-state index is 0.532. The van der Waals surface area contributed by atoms with Crippen molar-refractivity contribution in [1.82, 2.24) is 4.98 Å². The van der Waals surface area contributed by atoms with Crippen molar-refractivity contribution >= 4 is 12.2 Å². The van der Waals surface area contributed by atoms with E-state index in [-0.39, 0.29) is 0 Å². The van der Waals surface area contributed by atoms with Crippen LogP contribution in [0, 0.1) is 6.92 Å². The van der Waals surface area contributed by atoms with Gasteiger partial charge in [-0.2, -0.15) is 0 Å². The highest BCUT2D eigenvalue weighted by Gasteiger charge is 2.03. The van der Waals surface area contributed by atoms with E-state index in [0.717, 1.165) is 5.56 Å². The number of hydrogen-bond acceptors (Lipinski definition) is 3. The molecule has 0 saturated heterocycles. The third-order valence-corrected chi connectivity index (χ3v) is 1.57. The van der Waals surface area contributed by atoms with Gasteiger partial charge in [-0.15, -0.1) is 0 Å². The highest BCUT2D eigenvalue weighted by molar-refractivity contribution is 5.71. The summed E-state index contributed by atoms with van der Waals surface area (Å²) < 4.78 is 5.04. The molecule has 0 bridgehead atoms. The van der Waals surface area contributed by atoms with E-state index in [4.69, 9.17) is 4.74 Å². The van der Waals surface area contributed by atoms with Crippen LogP contribution in [0.3, 0.4) is 0 Å². The van der Waals surface area contributed by atoms with Crippen molar-refractivity contribution < 1.29 is 9.53 Å². The Bertz CT molecular complexity index is 286. The molecule has 12 heavy (non-hydrogen) atoms. The zero-order valence-electron chi connectivity index (χ0n) is 7.00. The molecular weight excluding hydrogens is 156 g/mol. The Morgan fingerprint density at radius 3 is 3.00 bits per heavy atom. The Morgan fingerprint density at radius 1 is 1.67 bits per heavy atom. The molecule has 1 amide bonds. The number of ether oxygens (including phenoxy) is 1. The fourth-order valence-electron chi connectivity index (χ4n) is 0.940. The fourth-order valence-corrected chi connectivity index (χ4v) is 0.940. The summed E-state index contributed by atoms with van der Waals surface area (Å²) in [5.41, 5.74) is 0.826. The number of amides is 1. The summed E-state index contributed by atoms with van der Waals surface area (Å²) in [6, 6.07) is 1.74. The van der Waals surface area contributed by atoms with Crippen molar-refractivity contribution in [2.24, 2.45) is 0 Å². The van der Waals surface area contributed by atoms with Gasteiger partial charge in [-0.25, -0.2) is 4.98 Å². The Balaban J connectivity index is 3.04. The molecule has 1 heterocycles. The van der Waals surface area contributed by atoms with Crippen LogP contribution in [0.4, 0.5) is 5.82 Å². The minimum Gasteiger partial charge on any atom is -0.496 e. The average Bonchev–Trinajstić information content (AvgIpc) is 2.09. The molecule has 0 unspecified atom stereocenters. The molecule has 0 aliphatic heterocycles. The second kappa shape index (κ2) is 3.71. The fraction of sp³-hybridized carbons (Fsp3) is 0.250. The van der Waals surface area contributed by atoms with Gasteiger partial charge in [-0.05, 0) is 13.0 Å². The van der Waals surface area contributed by atoms with E-state index in [0.29, 0.717) is 18.0 Å². The van der Waals surface area contributed by atoms with Crippen LogP contribution in [0.15, 0.2) is 12.3 Å². The average molecular weight is 166 g/mol. The van der Waals surface area contributed by atoms with Gasteiger partial charge >= 0.3 is 0 Å². The number of nitrogens with one attached hydrogen (secondary N) is 1. The lowest BCUT2D eigenvalue weighted by atomic mass is 10.2. The van der Waals surface area contributed by atoms with Gasteiger partial charge in [0.15, 0.2) is 0 Å². The summed E-state index contributed by atoms with van der Waals surface area (Å²) in [5, 5.41) is 2.48. The van der Waals surface area contributed by atoms with Crippen molar-refractivity contribution in [1.29, 1.82) is 0 Å². The first-order chi connectivity index (χ1) is 5.79. The van der Waals surface area contributed by atoms with E-state index >= 15 is 0 Å². The van der Waals surface area contributed by atoms with Crippen molar-refractivity contribution in [3.63, 3.8) is 0 Å². The van der Waals surface area contributed by atoms with Crippen LogP contribution in [-0.4, -0.2) is 18.5 Å². The molecular formula is C8H10N2O2. The molecule has 0 radical (unpaired) electrons. The third kappa shape index (κ3) is 1.53. The number of anilines is 1. The highest BCUT2D eigenvalue weighted by Crippen LogP contribution is 2.21. The van der Waals surface area contributed by atoms with Crippen LogP contribution >= 0.6 is 0 Å². The van der Waals surface area contributed by atoms with Gasteiger partial charge in [0, 0.05) is 11.8 Å². The first kappa shape index (κ1) is 8.52. The van der Waals surface area contributed by atoms with Crippen LogP contribution in [0.5, 0.6) is 5.75 Å².